The zero-order valence-corrected chi connectivity index (χ0v) is 16.7. The molecule has 29 heavy (non-hydrogen) atoms. The maximum absolute atomic E-state index is 12.7. The molecule has 1 N–H and O–H groups in total. The number of hydrogen-bond donors (Lipinski definition) is 1. The minimum absolute atomic E-state index is 0.0175. The molecule has 2 aliphatic heterocycles. The normalized spacial score (nSPS) is 16.4. The molecule has 0 unspecified atom stereocenters. The molecule has 0 spiro atoms. The number of ketones is 1. The van der Waals surface area contributed by atoms with E-state index in [1.165, 1.54) is 5.57 Å². The Labute approximate surface area is 170 Å². The van der Waals surface area contributed by atoms with Gasteiger partial charge in [-0.2, -0.15) is 0 Å². The summed E-state index contributed by atoms with van der Waals surface area (Å²) in [6.45, 7) is 1.86. The molecule has 2 aromatic carbocycles. The average molecular weight is 392 g/mol. The highest BCUT2D eigenvalue weighted by Gasteiger charge is 2.29. The Kier molecular flexibility index (Phi) is 5.36. The molecule has 150 valence electrons. The predicted molar refractivity (Wildman–Crippen MR) is 112 cm³/mol. The van der Waals surface area contributed by atoms with Gasteiger partial charge in [-0.3, -0.25) is 14.5 Å². The maximum atomic E-state index is 12.7. The van der Waals surface area contributed by atoms with E-state index in [1.54, 1.807) is 32.4 Å². The number of Topliss-reactive ketones (excluding diaryl/α,β-unsaturated/α-hetero) is 1. The van der Waals surface area contributed by atoms with Gasteiger partial charge in [-0.25, -0.2) is 0 Å². The van der Waals surface area contributed by atoms with Crippen LogP contribution in [-0.4, -0.2) is 50.4 Å². The fourth-order valence-corrected chi connectivity index (χ4v) is 4.00. The third kappa shape index (κ3) is 3.76. The minimum atomic E-state index is -0.0175. The van der Waals surface area contributed by atoms with Crippen LogP contribution in [0.1, 0.15) is 28.8 Å². The number of piperidine rings is 1. The van der Waals surface area contributed by atoms with Gasteiger partial charge in [-0.05, 0) is 37.1 Å². The lowest BCUT2D eigenvalue weighted by Crippen LogP contribution is -2.35. The molecule has 0 saturated carbocycles. The van der Waals surface area contributed by atoms with Gasteiger partial charge in [0.05, 0.1) is 20.8 Å². The van der Waals surface area contributed by atoms with E-state index in [4.69, 9.17) is 9.47 Å². The van der Waals surface area contributed by atoms with Crippen LogP contribution in [0, 0.1) is 0 Å². The van der Waals surface area contributed by atoms with Crippen LogP contribution in [0.3, 0.4) is 0 Å². The third-order valence-corrected chi connectivity index (χ3v) is 5.56. The first-order valence-electron chi connectivity index (χ1n) is 9.71. The first-order chi connectivity index (χ1) is 14.1. The van der Waals surface area contributed by atoms with Gasteiger partial charge in [0.2, 0.25) is 0 Å². The van der Waals surface area contributed by atoms with Gasteiger partial charge < -0.3 is 14.8 Å². The molecular formula is C23H24N2O4. The first-order valence-corrected chi connectivity index (χ1v) is 9.71. The number of nitrogens with one attached hydrogen (secondary N) is 1. The zero-order valence-electron chi connectivity index (χ0n) is 16.7. The molecule has 0 aromatic heterocycles. The topological polar surface area (TPSA) is 67.9 Å². The van der Waals surface area contributed by atoms with Crippen LogP contribution in [0.4, 0.5) is 5.69 Å². The van der Waals surface area contributed by atoms with Gasteiger partial charge in [0, 0.05) is 35.5 Å². The Morgan fingerprint density at radius 3 is 2.48 bits per heavy atom. The van der Waals surface area contributed by atoms with Crippen LogP contribution < -0.4 is 14.8 Å². The summed E-state index contributed by atoms with van der Waals surface area (Å²) in [5.74, 6) is 1.19. The SMILES string of the molecule is COc1ccc(C(=O)CN2CCC(=C3C(=O)Nc4ccccc43)CC2)cc1OC. The van der Waals surface area contributed by atoms with Gasteiger partial charge in [0.25, 0.3) is 5.91 Å². The van der Waals surface area contributed by atoms with Crippen LogP contribution in [0.5, 0.6) is 11.5 Å². The van der Waals surface area contributed by atoms with Crippen molar-refractivity contribution in [2.75, 3.05) is 39.2 Å². The van der Waals surface area contributed by atoms with Crippen molar-refractivity contribution in [2.45, 2.75) is 12.8 Å². The van der Waals surface area contributed by atoms with E-state index in [1.807, 2.05) is 24.3 Å². The van der Waals surface area contributed by atoms with Gasteiger partial charge in [0.15, 0.2) is 17.3 Å². The van der Waals surface area contributed by atoms with Crippen molar-refractivity contribution in [1.29, 1.82) is 0 Å². The number of ether oxygens (including phenoxy) is 2. The summed E-state index contributed by atoms with van der Waals surface area (Å²) in [5, 5.41) is 2.94. The van der Waals surface area contributed by atoms with Crippen molar-refractivity contribution >= 4 is 23.0 Å². The number of likely N-dealkylation sites (tertiary alicyclic amines) is 1. The summed E-state index contributed by atoms with van der Waals surface area (Å²) >= 11 is 0. The van der Waals surface area contributed by atoms with Crippen molar-refractivity contribution in [3.05, 3.63) is 59.2 Å². The smallest absolute Gasteiger partial charge is 0.256 e. The van der Waals surface area contributed by atoms with E-state index >= 15 is 0 Å². The van der Waals surface area contributed by atoms with Crippen molar-refractivity contribution in [3.8, 4) is 11.5 Å². The minimum Gasteiger partial charge on any atom is -0.493 e. The van der Waals surface area contributed by atoms with Crippen LogP contribution in [0.15, 0.2) is 48.0 Å². The molecule has 1 fully saturated rings. The monoisotopic (exact) mass is 392 g/mol. The number of rotatable bonds is 5. The number of para-hydroxylation sites is 1. The van der Waals surface area contributed by atoms with Crippen LogP contribution >= 0.6 is 0 Å². The molecule has 0 bridgehead atoms. The molecule has 1 amide bonds. The van der Waals surface area contributed by atoms with Crippen molar-refractivity contribution < 1.29 is 19.1 Å². The number of fused-ring (bicyclic) bond motifs is 1. The Morgan fingerprint density at radius 2 is 1.76 bits per heavy atom. The van der Waals surface area contributed by atoms with Crippen molar-refractivity contribution in [1.82, 2.24) is 4.90 Å². The summed E-state index contributed by atoms with van der Waals surface area (Å²) in [7, 11) is 3.13. The third-order valence-electron chi connectivity index (χ3n) is 5.56. The fraction of sp³-hybridized carbons (Fsp3) is 0.304. The summed E-state index contributed by atoms with van der Waals surface area (Å²) in [4.78, 5) is 27.3. The van der Waals surface area contributed by atoms with Crippen LogP contribution in [0.2, 0.25) is 0 Å². The van der Waals surface area contributed by atoms with E-state index < -0.39 is 0 Å². The molecule has 4 rings (SSSR count). The van der Waals surface area contributed by atoms with Crippen LogP contribution in [0.25, 0.3) is 5.57 Å². The summed E-state index contributed by atoms with van der Waals surface area (Å²) < 4.78 is 10.5. The largest absolute Gasteiger partial charge is 0.493 e. The van der Waals surface area contributed by atoms with Crippen molar-refractivity contribution in [2.24, 2.45) is 0 Å². The Balaban J connectivity index is 1.43. The molecule has 0 radical (unpaired) electrons. The molecule has 0 aliphatic carbocycles. The number of nitrogens with zero attached hydrogens (tertiary/aromatic N) is 1. The van der Waals surface area contributed by atoms with E-state index in [2.05, 4.69) is 10.2 Å². The molecule has 1 saturated heterocycles. The quantitative estimate of drug-likeness (QED) is 0.624. The maximum Gasteiger partial charge on any atom is 0.256 e. The number of carbonyl (C=O) groups is 2. The highest BCUT2D eigenvalue weighted by molar-refractivity contribution is 6.32. The number of hydrogen-bond acceptors (Lipinski definition) is 5. The molecule has 6 nitrogen and oxygen atoms in total. The molecule has 6 heteroatoms. The lowest BCUT2D eigenvalue weighted by Gasteiger charge is -2.28. The fourth-order valence-electron chi connectivity index (χ4n) is 4.00. The molecule has 2 aliphatic rings. The predicted octanol–water partition coefficient (Wildman–Crippen LogP) is 3.39. The summed E-state index contributed by atoms with van der Waals surface area (Å²) in [5.41, 5.74) is 4.46. The molecular weight excluding hydrogens is 368 g/mol. The second-order valence-electron chi connectivity index (χ2n) is 7.25. The second kappa shape index (κ2) is 8.09. The van der Waals surface area contributed by atoms with E-state index in [0.717, 1.165) is 42.8 Å². The number of benzene rings is 2. The number of carbonyl (C=O) groups excluding carboxylic acids is 2. The van der Waals surface area contributed by atoms with Gasteiger partial charge in [-0.1, -0.05) is 23.8 Å². The van der Waals surface area contributed by atoms with E-state index in [9.17, 15) is 9.59 Å². The Hall–Kier alpha value is -3.12. The Bertz CT molecular complexity index is 986. The highest BCUT2D eigenvalue weighted by atomic mass is 16.5. The van der Waals surface area contributed by atoms with E-state index in [-0.39, 0.29) is 11.7 Å². The number of methoxy groups -OCH3 is 2. The molecule has 2 aromatic rings. The summed E-state index contributed by atoms with van der Waals surface area (Å²) in [6, 6.07) is 13.0. The van der Waals surface area contributed by atoms with Gasteiger partial charge in [0.1, 0.15) is 0 Å². The van der Waals surface area contributed by atoms with E-state index in [0.29, 0.717) is 23.6 Å². The number of anilines is 1. The standard InChI is InChI=1S/C23H24N2O4/c1-28-20-8-7-16(13-21(20)29-2)19(26)14-25-11-9-15(10-12-25)22-17-5-3-4-6-18(17)24-23(22)27/h3-8,13H,9-12,14H2,1-2H3,(H,24,27). The summed E-state index contributed by atoms with van der Waals surface area (Å²) in [6.07, 6.45) is 1.58. The molecule has 2 heterocycles. The highest BCUT2D eigenvalue weighted by Crippen LogP contribution is 2.36. The second-order valence-corrected chi connectivity index (χ2v) is 7.25. The van der Waals surface area contributed by atoms with Crippen LogP contribution in [-0.2, 0) is 4.79 Å². The van der Waals surface area contributed by atoms with Crippen molar-refractivity contribution in [3.63, 3.8) is 0 Å². The lowest BCUT2D eigenvalue weighted by atomic mass is 9.93. The van der Waals surface area contributed by atoms with Gasteiger partial charge >= 0.3 is 0 Å². The number of amides is 1. The lowest BCUT2D eigenvalue weighted by molar-refractivity contribution is -0.110. The molecule has 0 atom stereocenters. The Morgan fingerprint density at radius 1 is 1.03 bits per heavy atom. The average Bonchev–Trinajstić information content (AvgIpc) is 3.09. The first kappa shape index (κ1) is 19.2. The zero-order chi connectivity index (χ0) is 20.4. The van der Waals surface area contributed by atoms with Gasteiger partial charge in [-0.15, -0.1) is 0 Å².